The Labute approximate surface area is 124 Å². The zero-order valence-electron chi connectivity index (χ0n) is 12.1. The standard InChI is InChI=1S/C14H23N3O2S/c1-3-14(10-18)4-7-17(8-5-14)11(2)12(19)16-13-15-6-9-20-13/h6,9,11,18H,3-5,7-8,10H2,1-2H3,(H,15,16,19). The van der Waals surface area contributed by atoms with E-state index in [-0.39, 0.29) is 24.0 Å². The van der Waals surface area contributed by atoms with Crippen LogP contribution in [-0.2, 0) is 4.79 Å². The fraction of sp³-hybridized carbons (Fsp3) is 0.714. The molecule has 1 aliphatic rings. The molecule has 1 aromatic heterocycles. The molecule has 1 saturated heterocycles. The van der Waals surface area contributed by atoms with Crippen LogP contribution in [0.5, 0.6) is 0 Å². The number of likely N-dealkylation sites (tertiary alicyclic amines) is 1. The van der Waals surface area contributed by atoms with Crippen molar-refractivity contribution in [1.29, 1.82) is 0 Å². The Kier molecular flexibility index (Phi) is 5.12. The van der Waals surface area contributed by atoms with Crippen LogP contribution in [0.3, 0.4) is 0 Å². The van der Waals surface area contributed by atoms with Crippen molar-refractivity contribution in [2.45, 2.75) is 39.2 Å². The van der Waals surface area contributed by atoms with Crippen molar-refractivity contribution in [3.63, 3.8) is 0 Å². The zero-order valence-corrected chi connectivity index (χ0v) is 12.9. The first-order valence-corrected chi connectivity index (χ1v) is 8.03. The van der Waals surface area contributed by atoms with E-state index < -0.39 is 0 Å². The van der Waals surface area contributed by atoms with Gasteiger partial charge in [-0.05, 0) is 44.7 Å². The van der Waals surface area contributed by atoms with Gasteiger partial charge in [0.05, 0.1) is 6.04 Å². The fourth-order valence-corrected chi connectivity index (χ4v) is 3.20. The molecule has 20 heavy (non-hydrogen) atoms. The predicted molar refractivity (Wildman–Crippen MR) is 80.8 cm³/mol. The third-order valence-electron chi connectivity index (χ3n) is 4.53. The van der Waals surface area contributed by atoms with Crippen molar-refractivity contribution < 1.29 is 9.90 Å². The second-order valence-corrected chi connectivity index (χ2v) is 6.44. The van der Waals surface area contributed by atoms with Gasteiger partial charge in [0.15, 0.2) is 5.13 Å². The molecule has 1 amide bonds. The molecule has 0 radical (unpaired) electrons. The number of amides is 1. The topological polar surface area (TPSA) is 65.5 Å². The third-order valence-corrected chi connectivity index (χ3v) is 5.22. The lowest BCUT2D eigenvalue weighted by Gasteiger charge is -2.42. The number of thiazole rings is 1. The van der Waals surface area contributed by atoms with E-state index in [1.54, 1.807) is 6.20 Å². The number of anilines is 1. The zero-order chi connectivity index (χ0) is 14.6. The summed E-state index contributed by atoms with van der Waals surface area (Å²) in [5.74, 6) is -0.00653. The van der Waals surface area contributed by atoms with E-state index in [4.69, 9.17) is 0 Å². The molecule has 6 heteroatoms. The number of aliphatic hydroxyl groups excluding tert-OH is 1. The summed E-state index contributed by atoms with van der Waals surface area (Å²) in [7, 11) is 0. The summed E-state index contributed by atoms with van der Waals surface area (Å²) >= 11 is 1.43. The Bertz CT molecular complexity index is 422. The van der Waals surface area contributed by atoms with Crippen molar-refractivity contribution in [3.8, 4) is 0 Å². The number of nitrogens with one attached hydrogen (secondary N) is 1. The average molecular weight is 297 g/mol. The van der Waals surface area contributed by atoms with E-state index in [9.17, 15) is 9.90 Å². The molecule has 5 nitrogen and oxygen atoms in total. The molecule has 0 saturated carbocycles. The van der Waals surface area contributed by atoms with Gasteiger partial charge in [-0.2, -0.15) is 0 Å². The van der Waals surface area contributed by atoms with E-state index in [2.05, 4.69) is 22.1 Å². The minimum atomic E-state index is -0.160. The minimum Gasteiger partial charge on any atom is -0.396 e. The van der Waals surface area contributed by atoms with E-state index in [1.165, 1.54) is 11.3 Å². The van der Waals surface area contributed by atoms with Crippen LogP contribution in [-0.4, -0.2) is 46.6 Å². The highest BCUT2D eigenvalue weighted by Gasteiger charge is 2.35. The molecule has 0 bridgehead atoms. The van der Waals surface area contributed by atoms with Gasteiger partial charge in [-0.1, -0.05) is 6.92 Å². The predicted octanol–water partition coefficient (Wildman–Crippen LogP) is 1.95. The van der Waals surface area contributed by atoms with Gasteiger partial charge in [-0.3, -0.25) is 9.69 Å². The number of aromatic nitrogens is 1. The second kappa shape index (κ2) is 6.65. The van der Waals surface area contributed by atoms with Crippen LogP contribution in [0.25, 0.3) is 0 Å². The summed E-state index contributed by atoms with van der Waals surface area (Å²) in [6.07, 6.45) is 4.59. The van der Waals surface area contributed by atoms with Gasteiger partial charge in [-0.25, -0.2) is 4.98 Å². The normalized spacial score (nSPS) is 20.6. The summed E-state index contributed by atoms with van der Waals surface area (Å²) in [4.78, 5) is 18.4. The molecule has 0 aromatic carbocycles. The van der Waals surface area contributed by atoms with Crippen LogP contribution in [0.15, 0.2) is 11.6 Å². The molecule has 2 N–H and O–H groups in total. The van der Waals surface area contributed by atoms with Gasteiger partial charge < -0.3 is 10.4 Å². The molecule has 2 heterocycles. The Morgan fingerprint density at radius 3 is 2.80 bits per heavy atom. The molecule has 1 fully saturated rings. The van der Waals surface area contributed by atoms with Crippen molar-refractivity contribution in [2.75, 3.05) is 25.0 Å². The van der Waals surface area contributed by atoms with Gasteiger partial charge >= 0.3 is 0 Å². The first kappa shape index (κ1) is 15.4. The number of piperidine rings is 1. The van der Waals surface area contributed by atoms with E-state index in [0.717, 1.165) is 32.4 Å². The Morgan fingerprint density at radius 1 is 1.60 bits per heavy atom. The Morgan fingerprint density at radius 2 is 2.30 bits per heavy atom. The SMILES string of the molecule is CCC1(CO)CCN(C(C)C(=O)Nc2nccs2)CC1. The van der Waals surface area contributed by atoms with Crippen LogP contribution in [0.2, 0.25) is 0 Å². The number of rotatable bonds is 5. The van der Waals surface area contributed by atoms with Crippen LogP contribution in [0.4, 0.5) is 5.13 Å². The van der Waals surface area contributed by atoms with Crippen molar-refractivity contribution in [1.82, 2.24) is 9.88 Å². The summed E-state index contributed by atoms with van der Waals surface area (Å²) in [5.41, 5.74) is 0.0575. The summed E-state index contributed by atoms with van der Waals surface area (Å²) in [6, 6.07) is -0.160. The number of nitrogens with zero attached hydrogens (tertiary/aromatic N) is 2. The molecule has 2 rings (SSSR count). The van der Waals surface area contributed by atoms with Crippen molar-refractivity contribution >= 4 is 22.4 Å². The minimum absolute atomic E-state index is 0.00653. The molecule has 1 aliphatic heterocycles. The molecule has 1 aromatic rings. The molecular weight excluding hydrogens is 274 g/mol. The maximum absolute atomic E-state index is 12.2. The molecule has 112 valence electrons. The van der Waals surface area contributed by atoms with Crippen molar-refractivity contribution in [2.24, 2.45) is 5.41 Å². The molecular formula is C14H23N3O2S. The first-order valence-electron chi connectivity index (χ1n) is 7.15. The largest absolute Gasteiger partial charge is 0.396 e. The van der Waals surface area contributed by atoms with Gasteiger partial charge in [0, 0.05) is 18.2 Å². The van der Waals surface area contributed by atoms with E-state index in [1.807, 2.05) is 12.3 Å². The van der Waals surface area contributed by atoms with Gasteiger partial charge in [0.2, 0.25) is 5.91 Å². The number of hydrogen-bond acceptors (Lipinski definition) is 5. The Hall–Kier alpha value is -0.980. The van der Waals surface area contributed by atoms with Crippen molar-refractivity contribution in [3.05, 3.63) is 11.6 Å². The number of carbonyl (C=O) groups excluding carboxylic acids is 1. The maximum Gasteiger partial charge on any atom is 0.243 e. The number of carbonyl (C=O) groups is 1. The molecule has 1 unspecified atom stereocenters. The summed E-state index contributed by atoms with van der Waals surface area (Å²) < 4.78 is 0. The highest BCUT2D eigenvalue weighted by atomic mass is 32.1. The second-order valence-electron chi connectivity index (χ2n) is 5.55. The molecule has 0 spiro atoms. The fourth-order valence-electron chi connectivity index (χ4n) is 2.67. The van der Waals surface area contributed by atoms with Crippen LogP contribution >= 0.6 is 11.3 Å². The number of hydrogen-bond donors (Lipinski definition) is 2. The average Bonchev–Trinajstić information content (AvgIpc) is 2.99. The highest BCUT2D eigenvalue weighted by molar-refractivity contribution is 7.13. The first-order chi connectivity index (χ1) is 9.60. The molecule has 1 atom stereocenters. The lowest BCUT2D eigenvalue weighted by atomic mass is 9.76. The van der Waals surface area contributed by atoms with Gasteiger partial charge in [0.1, 0.15) is 0 Å². The van der Waals surface area contributed by atoms with Crippen LogP contribution in [0, 0.1) is 5.41 Å². The smallest absolute Gasteiger partial charge is 0.243 e. The van der Waals surface area contributed by atoms with Gasteiger partial charge in [-0.15, -0.1) is 11.3 Å². The van der Waals surface area contributed by atoms with Gasteiger partial charge in [0.25, 0.3) is 0 Å². The monoisotopic (exact) mass is 297 g/mol. The van der Waals surface area contributed by atoms with E-state index in [0.29, 0.717) is 5.13 Å². The quantitative estimate of drug-likeness (QED) is 0.872. The number of aliphatic hydroxyl groups is 1. The maximum atomic E-state index is 12.2. The Balaban J connectivity index is 1.88. The summed E-state index contributed by atoms with van der Waals surface area (Å²) in [6.45, 7) is 6.03. The summed E-state index contributed by atoms with van der Waals surface area (Å²) in [5, 5.41) is 14.9. The highest BCUT2D eigenvalue weighted by Crippen LogP contribution is 2.34. The van der Waals surface area contributed by atoms with Crippen LogP contribution < -0.4 is 5.32 Å². The molecule has 0 aliphatic carbocycles. The van der Waals surface area contributed by atoms with E-state index >= 15 is 0 Å². The third kappa shape index (κ3) is 3.37. The lowest BCUT2D eigenvalue weighted by molar-refractivity contribution is -0.121. The lowest BCUT2D eigenvalue weighted by Crippen LogP contribution is -2.49. The van der Waals surface area contributed by atoms with Crippen LogP contribution in [0.1, 0.15) is 33.1 Å².